The van der Waals surface area contributed by atoms with Crippen molar-refractivity contribution in [2.75, 3.05) is 24.8 Å². The second-order valence-electron chi connectivity index (χ2n) is 4.48. The lowest BCUT2D eigenvalue weighted by atomic mass is 10.0. The first-order valence-electron chi connectivity index (χ1n) is 5.61. The van der Waals surface area contributed by atoms with E-state index in [2.05, 4.69) is 18.3 Å². The number of benzene rings is 1. The normalized spacial score (nSPS) is 23.4. The predicted molar refractivity (Wildman–Crippen MR) is 70.4 cm³/mol. The summed E-state index contributed by atoms with van der Waals surface area (Å²) in [4.78, 5) is 1.01. The number of nitrogens with zero attached hydrogens (tertiary/aromatic N) is 1. The van der Waals surface area contributed by atoms with Crippen molar-refractivity contribution in [2.45, 2.75) is 23.8 Å². The number of anilines is 1. The Balaban J connectivity index is 2.29. The lowest BCUT2D eigenvalue weighted by Crippen LogP contribution is -2.35. The molecule has 1 atom stereocenters. The predicted octanol–water partition coefficient (Wildman–Crippen LogP) is 2.87. The minimum atomic E-state index is -0.0529. The van der Waals surface area contributed by atoms with E-state index in [1.54, 1.807) is 11.8 Å². The molecule has 2 rings (SSSR count). The summed E-state index contributed by atoms with van der Waals surface area (Å²) in [6, 6.07) is 8.20. The van der Waals surface area contributed by atoms with E-state index in [-0.39, 0.29) is 5.54 Å². The summed E-state index contributed by atoms with van der Waals surface area (Å²) in [5.74, 6) is 0. The van der Waals surface area contributed by atoms with Gasteiger partial charge in [0.25, 0.3) is 0 Å². The molecule has 0 spiro atoms. The Labute approximate surface area is 106 Å². The third-order valence-electron chi connectivity index (χ3n) is 3.01. The fourth-order valence-electron chi connectivity index (χ4n) is 2.01. The SMILES string of the molecule is CSc1cccc(NC2(C)CCOC2)c1C#N. The summed E-state index contributed by atoms with van der Waals surface area (Å²) in [6.07, 6.45) is 2.96. The minimum absolute atomic E-state index is 0.0529. The average Bonchev–Trinajstić information content (AvgIpc) is 2.75. The minimum Gasteiger partial charge on any atom is -0.379 e. The van der Waals surface area contributed by atoms with Crippen LogP contribution < -0.4 is 5.32 Å². The van der Waals surface area contributed by atoms with E-state index >= 15 is 0 Å². The number of hydrogen-bond acceptors (Lipinski definition) is 4. The smallest absolute Gasteiger partial charge is 0.102 e. The van der Waals surface area contributed by atoms with Crippen molar-refractivity contribution in [3.63, 3.8) is 0 Å². The van der Waals surface area contributed by atoms with E-state index in [1.807, 2.05) is 24.5 Å². The van der Waals surface area contributed by atoms with Gasteiger partial charge in [-0.05, 0) is 31.7 Å². The second kappa shape index (κ2) is 4.99. The van der Waals surface area contributed by atoms with Crippen molar-refractivity contribution in [1.82, 2.24) is 0 Å². The van der Waals surface area contributed by atoms with Gasteiger partial charge in [0.2, 0.25) is 0 Å². The molecule has 4 heteroatoms. The maximum absolute atomic E-state index is 9.25. The first-order valence-corrected chi connectivity index (χ1v) is 6.84. The van der Waals surface area contributed by atoms with Crippen LogP contribution in [0.25, 0.3) is 0 Å². The molecule has 1 aromatic carbocycles. The van der Waals surface area contributed by atoms with Gasteiger partial charge in [-0.15, -0.1) is 11.8 Å². The highest BCUT2D eigenvalue weighted by Gasteiger charge is 2.30. The van der Waals surface area contributed by atoms with Crippen molar-refractivity contribution in [2.24, 2.45) is 0 Å². The van der Waals surface area contributed by atoms with Crippen molar-refractivity contribution < 1.29 is 4.74 Å². The van der Waals surface area contributed by atoms with Crippen LogP contribution in [-0.2, 0) is 4.74 Å². The highest BCUT2D eigenvalue weighted by atomic mass is 32.2. The summed E-state index contributed by atoms with van der Waals surface area (Å²) in [5, 5.41) is 12.7. The van der Waals surface area contributed by atoms with Crippen LogP contribution in [0.5, 0.6) is 0 Å². The van der Waals surface area contributed by atoms with Gasteiger partial charge in [-0.1, -0.05) is 6.07 Å². The average molecular weight is 248 g/mol. The van der Waals surface area contributed by atoms with E-state index < -0.39 is 0 Å². The molecule has 0 bridgehead atoms. The van der Waals surface area contributed by atoms with Gasteiger partial charge < -0.3 is 10.1 Å². The molecular formula is C13H16N2OS. The van der Waals surface area contributed by atoms with Gasteiger partial charge in [0.1, 0.15) is 6.07 Å². The van der Waals surface area contributed by atoms with E-state index in [0.717, 1.165) is 29.2 Å². The van der Waals surface area contributed by atoms with Crippen molar-refractivity contribution in [3.8, 4) is 6.07 Å². The molecule has 1 N–H and O–H groups in total. The first-order chi connectivity index (χ1) is 8.18. The molecule has 0 aliphatic carbocycles. The largest absolute Gasteiger partial charge is 0.379 e. The van der Waals surface area contributed by atoms with Crippen LogP contribution >= 0.6 is 11.8 Å². The van der Waals surface area contributed by atoms with Crippen molar-refractivity contribution in [1.29, 1.82) is 5.26 Å². The van der Waals surface area contributed by atoms with Crippen LogP contribution in [0.3, 0.4) is 0 Å². The van der Waals surface area contributed by atoms with Crippen LogP contribution in [0.4, 0.5) is 5.69 Å². The van der Waals surface area contributed by atoms with Gasteiger partial charge >= 0.3 is 0 Å². The zero-order valence-corrected chi connectivity index (χ0v) is 10.9. The maximum atomic E-state index is 9.25. The summed E-state index contributed by atoms with van der Waals surface area (Å²) >= 11 is 1.60. The molecule has 0 radical (unpaired) electrons. The zero-order chi connectivity index (χ0) is 12.3. The first kappa shape index (κ1) is 12.3. The molecule has 3 nitrogen and oxygen atoms in total. The highest BCUT2D eigenvalue weighted by molar-refractivity contribution is 7.98. The van der Waals surface area contributed by atoms with Gasteiger partial charge in [0.05, 0.1) is 23.4 Å². The van der Waals surface area contributed by atoms with Crippen molar-refractivity contribution in [3.05, 3.63) is 23.8 Å². The number of nitriles is 1. The van der Waals surface area contributed by atoms with E-state index in [4.69, 9.17) is 4.74 Å². The topological polar surface area (TPSA) is 45.0 Å². The standard InChI is InChI=1S/C13H16N2OS/c1-13(6-7-16-9-13)15-11-4-3-5-12(17-2)10(11)8-14/h3-5,15H,6-7,9H2,1-2H3. The molecule has 90 valence electrons. The van der Waals surface area contributed by atoms with Crippen LogP contribution in [0.1, 0.15) is 18.9 Å². The molecule has 0 saturated carbocycles. The Morgan fingerprint density at radius 2 is 2.35 bits per heavy atom. The molecule has 1 heterocycles. The lowest BCUT2D eigenvalue weighted by Gasteiger charge is -2.26. The Morgan fingerprint density at radius 3 is 2.94 bits per heavy atom. The zero-order valence-electron chi connectivity index (χ0n) is 10.1. The van der Waals surface area contributed by atoms with E-state index in [9.17, 15) is 5.26 Å². The van der Waals surface area contributed by atoms with E-state index in [1.165, 1.54) is 0 Å². The number of ether oxygens (including phenoxy) is 1. The monoisotopic (exact) mass is 248 g/mol. The third kappa shape index (κ3) is 2.56. The number of rotatable bonds is 3. The molecule has 17 heavy (non-hydrogen) atoms. The molecular weight excluding hydrogens is 232 g/mol. The van der Waals surface area contributed by atoms with Gasteiger partial charge in [0.15, 0.2) is 0 Å². The fourth-order valence-corrected chi connectivity index (χ4v) is 2.59. The highest BCUT2D eigenvalue weighted by Crippen LogP contribution is 2.30. The Morgan fingerprint density at radius 1 is 1.53 bits per heavy atom. The Kier molecular flexibility index (Phi) is 3.60. The molecule has 1 fully saturated rings. The maximum Gasteiger partial charge on any atom is 0.102 e. The second-order valence-corrected chi connectivity index (χ2v) is 5.33. The molecule has 1 saturated heterocycles. The number of hydrogen-bond donors (Lipinski definition) is 1. The quantitative estimate of drug-likeness (QED) is 0.835. The molecule has 0 aromatic heterocycles. The third-order valence-corrected chi connectivity index (χ3v) is 3.79. The molecule has 0 amide bonds. The summed E-state index contributed by atoms with van der Waals surface area (Å²) < 4.78 is 5.41. The van der Waals surface area contributed by atoms with Gasteiger partial charge in [-0.25, -0.2) is 0 Å². The molecule has 1 aliphatic rings. The van der Waals surface area contributed by atoms with Crippen LogP contribution in [-0.4, -0.2) is 25.0 Å². The summed E-state index contributed by atoms with van der Waals surface area (Å²) in [5.41, 5.74) is 1.59. The van der Waals surface area contributed by atoms with Crippen molar-refractivity contribution >= 4 is 17.4 Å². The van der Waals surface area contributed by atoms with Gasteiger partial charge in [0, 0.05) is 11.5 Å². The Bertz CT molecular complexity index is 447. The number of nitrogens with one attached hydrogen (secondary N) is 1. The summed E-state index contributed by atoms with van der Waals surface area (Å²) in [7, 11) is 0. The molecule has 1 aromatic rings. The van der Waals surface area contributed by atoms with Crippen LogP contribution in [0.2, 0.25) is 0 Å². The molecule has 1 unspecified atom stereocenters. The Hall–Kier alpha value is -1.18. The summed E-state index contributed by atoms with van der Waals surface area (Å²) in [6.45, 7) is 3.61. The van der Waals surface area contributed by atoms with E-state index in [0.29, 0.717) is 6.61 Å². The molecule has 1 aliphatic heterocycles. The number of thioether (sulfide) groups is 1. The van der Waals surface area contributed by atoms with Gasteiger partial charge in [-0.2, -0.15) is 5.26 Å². The van der Waals surface area contributed by atoms with Crippen LogP contribution in [0.15, 0.2) is 23.1 Å². The van der Waals surface area contributed by atoms with Gasteiger partial charge in [-0.3, -0.25) is 0 Å². The fraction of sp³-hybridized carbons (Fsp3) is 0.462. The lowest BCUT2D eigenvalue weighted by molar-refractivity contribution is 0.185. The van der Waals surface area contributed by atoms with Crippen LogP contribution in [0, 0.1) is 11.3 Å².